The molecular formula is C26H26INO3. The van der Waals surface area contributed by atoms with E-state index in [1.54, 1.807) is 0 Å². The van der Waals surface area contributed by atoms with Gasteiger partial charge in [-0.1, -0.05) is 48.5 Å². The first-order valence-corrected chi connectivity index (χ1v) is 12.0. The van der Waals surface area contributed by atoms with E-state index in [-0.39, 0.29) is 12.2 Å². The van der Waals surface area contributed by atoms with Crippen molar-refractivity contribution in [1.29, 1.82) is 0 Å². The second kappa shape index (κ2) is 8.34. The van der Waals surface area contributed by atoms with E-state index in [0.29, 0.717) is 12.5 Å². The van der Waals surface area contributed by atoms with Gasteiger partial charge >= 0.3 is 6.09 Å². The molecule has 5 rings (SSSR count). The summed E-state index contributed by atoms with van der Waals surface area (Å²) in [5.41, 5.74) is 2.02. The fraction of sp³-hybridized carbons (Fsp3) is 0.346. The predicted octanol–water partition coefficient (Wildman–Crippen LogP) is 6.50. The third-order valence-corrected chi connectivity index (χ3v) is 7.78. The van der Waals surface area contributed by atoms with Crippen LogP contribution in [-0.4, -0.2) is 18.8 Å². The SMILES string of the molecule is CC1(c2ccc3c(I)c(OC4CCC(c5ccccc5)CC4)ccc3c2)COC(=O)N1. The van der Waals surface area contributed by atoms with Gasteiger partial charge in [-0.3, -0.25) is 0 Å². The van der Waals surface area contributed by atoms with Crippen LogP contribution in [0.15, 0.2) is 60.7 Å². The summed E-state index contributed by atoms with van der Waals surface area (Å²) < 4.78 is 12.7. The van der Waals surface area contributed by atoms with Gasteiger partial charge in [0.15, 0.2) is 0 Å². The minimum Gasteiger partial charge on any atom is -0.489 e. The minimum absolute atomic E-state index is 0.273. The molecule has 1 aliphatic heterocycles. The van der Waals surface area contributed by atoms with Crippen LogP contribution in [0.3, 0.4) is 0 Å². The maximum Gasteiger partial charge on any atom is 0.408 e. The van der Waals surface area contributed by atoms with Crippen molar-refractivity contribution < 1.29 is 14.3 Å². The molecule has 31 heavy (non-hydrogen) atoms. The van der Waals surface area contributed by atoms with E-state index in [1.807, 2.05) is 6.92 Å². The van der Waals surface area contributed by atoms with Crippen LogP contribution in [0.5, 0.6) is 5.75 Å². The van der Waals surface area contributed by atoms with Crippen LogP contribution in [0, 0.1) is 3.57 Å². The number of cyclic esters (lactones) is 1. The van der Waals surface area contributed by atoms with Gasteiger partial charge in [0.2, 0.25) is 0 Å². The van der Waals surface area contributed by atoms with E-state index in [2.05, 4.69) is 88.6 Å². The second-order valence-electron chi connectivity index (χ2n) is 8.85. The quantitative estimate of drug-likeness (QED) is 0.394. The van der Waals surface area contributed by atoms with E-state index < -0.39 is 5.54 Å². The standard InChI is InChI=1S/C26H26INO3/c1-26(16-30-25(29)28-26)20-10-13-22-19(15-20)9-14-23(24(22)27)31-21-11-7-18(8-12-21)17-5-3-2-4-6-17/h2-6,9-10,13-15,18,21H,7-8,11-12,16H2,1H3,(H,28,29). The summed E-state index contributed by atoms with van der Waals surface area (Å²) in [6.07, 6.45) is 4.44. The first-order chi connectivity index (χ1) is 15.0. The van der Waals surface area contributed by atoms with Gasteiger partial charge in [-0.05, 0) is 95.1 Å². The third-order valence-electron chi connectivity index (χ3n) is 6.66. The Morgan fingerprint density at radius 1 is 1.03 bits per heavy atom. The minimum atomic E-state index is -0.483. The third kappa shape index (κ3) is 4.12. The molecule has 4 nitrogen and oxygen atoms in total. The Hall–Kier alpha value is -2.28. The highest BCUT2D eigenvalue weighted by Gasteiger charge is 2.36. The van der Waals surface area contributed by atoms with Gasteiger partial charge in [0.05, 0.1) is 15.2 Å². The lowest BCUT2D eigenvalue weighted by molar-refractivity contribution is 0.145. The fourth-order valence-corrected chi connectivity index (χ4v) is 5.59. The number of carbonyl (C=O) groups excluding carboxylic acids is 1. The lowest BCUT2D eigenvalue weighted by Gasteiger charge is -2.29. The molecule has 1 amide bonds. The second-order valence-corrected chi connectivity index (χ2v) is 9.93. The molecule has 3 aromatic rings. The Balaban J connectivity index is 1.30. The topological polar surface area (TPSA) is 47.6 Å². The maximum atomic E-state index is 11.5. The lowest BCUT2D eigenvalue weighted by atomic mass is 9.83. The zero-order valence-electron chi connectivity index (χ0n) is 17.6. The van der Waals surface area contributed by atoms with Crippen LogP contribution in [-0.2, 0) is 10.3 Å². The summed E-state index contributed by atoms with van der Waals surface area (Å²) in [7, 11) is 0. The number of amides is 1. The van der Waals surface area contributed by atoms with Crippen LogP contribution in [0.4, 0.5) is 4.79 Å². The summed E-state index contributed by atoms with van der Waals surface area (Å²) in [4.78, 5) is 11.5. The van der Waals surface area contributed by atoms with Crippen molar-refractivity contribution in [3.8, 4) is 5.75 Å². The van der Waals surface area contributed by atoms with Gasteiger partial charge in [-0.25, -0.2) is 4.79 Å². The number of hydrogen-bond donors (Lipinski definition) is 1. The molecule has 0 spiro atoms. The fourth-order valence-electron chi connectivity index (χ4n) is 4.79. The van der Waals surface area contributed by atoms with E-state index >= 15 is 0 Å². The molecule has 2 fully saturated rings. The van der Waals surface area contributed by atoms with Crippen LogP contribution >= 0.6 is 22.6 Å². The van der Waals surface area contributed by atoms with Gasteiger partial charge in [-0.2, -0.15) is 0 Å². The number of hydrogen-bond acceptors (Lipinski definition) is 3. The number of carbonyl (C=O) groups is 1. The average molecular weight is 527 g/mol. The monoisotopic (exact) mass is 527 g/mol. The highest BCUT2D eigenvalue weighted by Crippen LogP contribution is 2.37. The van der Waals surface area contributed by atoms with Crippen LogP contribution < -0.4 is 10.1 Å². The Labute approximate surface area is 196 Å². The van der Waals surface area contributed by atoms with Gasteiger partial charge in [0.1, 0.15) is 12.4 Å². The van der Waals surface area contributed by atoms with Crippen molar-refractivity contribution >= 4 is 39.5 Å². The van der Waals surface area contributed by atoms with Crippen molar-refractivity contribution in [3.05, 3.63) is 75.4 Å². The smallest absolute Gasteiger partial charge is 0.408 e. The summed E-state index contributed by atoms with van der Waals surface area (Å²) in [5.74, 6) is 1.62. The van der Waals surface area contributed by atoms with Crippen molar-refractivity contribution in [2.75, 3.05) is 6.61 Å². The molecule has 0 bridgehead atoms. The van der Waals surface area contributed by atoms with Gasteiger partial charge < -0.3 is 14.8 Å². The molecule has 2 aliphatic rings. The summed E-state index contributed by atoms with van der Waals surface area (Å²) in [6.45, 7) is 2.34. The van der Waals surface area contributed by atoms with Crippen LogP contribution in [0.25, 0.3) is 10.8 Å². The molecule has 5 heteroatoms. The Morgan fingerprint density at radius 2 is 1.81 bits per heavy atom. The molecule has 3 aromatic carbocycles. The molecule has 1 saturated heterocycles. The summed E-state index contributed by atoms with van der Waals surface area (Å²) in [5, 5.41) is 5.24. The molecule has 1 aliphatic carbocycles. The van der Waals surface area contributed by atoms with Crippen LogP contribution in [0.1, 0.15) is 49.7 Å². The number of halogens is 1. The summed E-state index contributed by atoms with van der Waals surface area (Å²) >= 11 is 2.40. The highest BCUT2D eigenvalue weighted by molar-refractivity contribution is 14.1. The number of alkyl carbamates (subject to hydrolysis) is 1. The number of ether oxygens (including phenoxy) is 2. The number of nitrogens with one attached hydrogen (secondary N) is 1. The molecular weight excluding hydrogens is 501 g/mol. The Kier molecular flexibility index (Phi) is 5.54. The molecule has 1 atom stereocenters. The van der Waals surface area contributed by atoms with Crippen molar-refractivity contribution in [2.24, 2.45) is 0 Å². The van der Waals surface area contributed by atoms with E-state index in [4.69, 9.17) is 9.47 Å². The zero-order chi connectivity index (χ0) is 21.4. The van der Waals surface area contributed by atoms with E-state index in [9.17, 15) is 4.79 Å². The molecule has 1 N–H and O–H groups in total. The summed E-state index contributed by atoms with van der Waals surface area (Å²) in [6, 6.07) is 21.4. The number of rotatable bonds is 4. The Bertz CT molecular complexity index is 1110. The molecule has 0 radical (unpaired) electrons. The molecule has 0 aromatic heterocycles. The van der Waals surface area contributed by atoms with Crippen molar-refractivity contribution in [2.45, 2.75) is 50.2 Å². The lowest BCUT2D eigenvalue weighted by Crippen LogP contribution is -2.37. The van der Waals surface area contributed by atoms with Gasteiger partial charge in [0.25, 0.3) is 0 Å². The van der Waals surface area contributed by atoms with E-state index in [0.717, 1.165) is 33.1 Å². The highest BCUT2D eigenvalue weighted by atomic mass is 127. The molecule has 1 heterocycles. The van der Waals surface area contributed by atoms with Crippen molar-refractivity contribution in [1.82, 2.24) is 5.32 Å². The number of benzene rings is 3. The maximum absolute atomic E-state index is 11.5. The average Bonchev–Trinajstić information content (AvgIpc) is 3.16. The molecule has 160 valence electrons. The predicted molar refractivity (Wildman–Crippen MR) is 131 cm³/mol. The molecule has 1 unspecified atom stereocenters. The first kappa shape index (κ1) is 20.6. The largest absolute Gasteiger partial charge is 0.489 e. The van der Waals surface area contributed by atoms with Crippen LogP contribution in [0.2, 0.25) is 0 Å². The first-order valence-electron chi connectivity index (χ1n) is 10.9. The van der Waals surface area contributed by atoms with Crippen molar-refractivity contribution in [3.63, 3.8) is 0 Å². The van der Waals surface area contributed by atoms with Gasteiger partial charge in [-0.15, -0.1) is 0 Å². The van der Waals surface area contributed by atoms with Gasteiger partial charge in [0, 0.05) is 0 Å². The zero-order valence-corrected chi connectivity index (χ0v) is 19.7. The normalized spacial score (nSPS) is 25.8. The molecule has 1 saturated carbocycles. The number of fused-ring (bicyclic) bond motifs is 1. The Morgan fingerprint density at radius 3 is 2.52 bits per heavy atom. The van der Waals surface area contributed by atoms with E-state index in [1.165, 1.54) is 23.8 Å².